The van der Waals surface area contributed by atoms with E-state index in [0.29, 0.717) is 6.42 Å². The minimum atomic E-state index is -1.50. The van der Waals surface area contributed by atoms with Gasteiger partial charge in [0.15, 0.2) is 6.10 Å². The fraction of sp³-hybridized carbons (Fsp3) is 0.708. The number of primary amides is 1. The molecule has 4 atom stereocenters. The molecule has 0 saturated heterocycles. The summed E-state index contributed by atoms with van der Waals surface area (Å²) in [5.74, 6) is -6.58. The van der Waals surface area contributed by atoms with Crippen molar-refractivity contribution in [2.45, 2.75) is 89.4 Å². The lowest BCUT2D eigenvalue weighted by Gasteiger charge is -2.23. The minimum absolute atomic E-state index is 0.122. The van der Waals surface area contributed by atoms with Crippen molar-refractivity contribution in [1.82, 2.24) is 16.0 Å². The molecule has 0 aliphatic heterocycles. The van der Waals surface area contributed by atoms with Crippen molar-refractivity contribution >= 4 is 53.3 Å². The van der Waals surface area contributed by atoms with E-state index in [-0.39, 0.29) is 43.2 Å². The van der Waals surface area contributed by atoms with Crippen molar-refractivity contribution in [2.75, 3.05) is 18.1 Å². The molecule has 0 aromatic heterocycles. The van der Waals surface area contributed by atoms with Gasteiger partial charge in [-0.15, -0.1) is 0 Å². The Morgan fingerprint density at radius 1 is 0.900 bits per heavy atom. The second-order valence-electron chi connectivity index (χ2n) is 9.01. The number of esters is 1. The lowest BCUT2D eigenvalue weighted by Crippen LogP contribution is -2.52. The molecule has 9 N–H and O–H groups in total. The number of carbonyl (C=O) groups excluding carboxylic acids is 5. The number of carboxylic acid groups (broad SMARTS) is 2. The van der Waals surface area contributed by atoms with E-state index in [4.69, 9.17) is 26.4 Å². The summed E-state index contributed by atoms with van der Waals surface area (Å²) in [5.41, 5.74) is 10.6. The van der Waals surface area contributed by atoms with Gasteiger partial charge in [0.05, 0.1) is 6.42 Å². The first-order chi connectivity index (χ1) is 18.8. The third kappa shape index (κ3) is 17.2. The van der Waals surface area contributed by atoms with E-state index >= 15 is 0 Å². The summed E-state index contributed by atoms with van der Waals surface area (Å²) in [7, 11) is 0. The average molecular weight is 592 g/mol. The second kappa shape index (κ2) is 20.5. The van der Waals surface area contributed by atoms with Gasteiger partial charge in [-0.05, 0) is 19.8 Å². The van der Waals surface area contributed by atoms with Gasteiger partial charge in [-0.25, -0.2) is 4.79 Å². The van der Waals surface area contributed by atoms with Crippen molar-refractivity contribution in [3.8, 4) is 0 Å². The molecule has 15 nitrogen and oxygen atoms in total. The van der Waals surface area contributed by atoms with E-state index in [1.807, 2.05) is 6.92 Å². The average Bonchev–Trinajstić information content (AvgIpc) is 2.87. The molecule has 228 valence electrons. The predicted octanol–water partition coefficient (Wildman–Crippen LogP) is -1.14. The molecule has 0 aliphatic rings. The number of hydrogen-bond acceptors (Lipinski definition) is 10. The quantitative estimate of drug-likeness (QED) is 0.0582. The lowest BCUT2D eigenvalue weighted by atomic mass is 10.1. The standard InChI is InChI=1S/C24H41N5O10S/c1-3-4-5-6-7-19(31)28-14(2)21(34)29-16(8-9-18(26)30)24(38)39-17(13-40-12-15(25)23(36)37)22(35)27-11-10-20(32)33/h14-17H,3-13,25H2,1-2H3,(H2,26,30)(H,27,35)(H,28,31)(H,29,34)(H,32,33)(H,36,37)/t14-,15-,16+,17+/m0/s1. The van der Waals surface area contributed by atoms with Crippen molar-refractivity contribution in [3.05, 3.63) is 0 Å². The Labute approximate surface area is 236 Å². The summed E-state index contributed by atoms with van der Waals surface area (Å²) in [5, 5.41) is 24.9. The molecule has 0 fully saturated rings. The van der Waals surface area contributed by atoms with Gasteiger partial charge in [0, 0.05) is 30.9 Å². The highest BCUT2D eigenvalue weighted by atomic mass is 32.2. The van der Waals surface area contributed by atoms with E-state index in [2.05, 4.69) is 16.0 Å². The van der Waals surface area contributed by atoms with E-state index < -0.39 is 66.3 Å². The maximum absolute atomic E-state index is 13.0. The Balaban J connectivity index is 5.40. The number of nitrogens with two attached hydrogens (primary N) is 2. The van der Waals surface area contributed by atoms with Crippen LogP contribution in [0.3, 0.4) is 0 Å². The van der Waals surface area contributed by atoms with Crippen LogP contribution < -0.4 is 27.4 Å². The van der Waals surface area contributed by atoms with Crippen LogP contribution in [0.2, 0.25) is 0 Å². The number of nitrogens with one attached hydrogen (secondary N) is 3. The normalized spacial score (nSPS) is 13.7. The lowest BCUT2D eigenvalue weighted by molar-refractivity contribution is -0.157. The number of carbonyl (C=O) groups is 7. The number of thioether (sulfide) groups is 1. The van der Waals surface area contributed by atoms with E-state index in [9.17, 15) is 33.6 Å². The Morgan fingerprint density at radius 2 is 1.57 bits per heavy atom. The molecule has 0 aromatic carbocycles. The Hall–Kier alpha value is -3.40. The van der Waals surface area contributed by atoms with Crippen molar-refractivity contribution in [1.29, 1.82) is 0 Å². The van der Waals surface area contributed by atoms with Crippen LogP contribution in [-0.4, -0.2) is 94.0 Å². The smallest absolute Gasteiger partial charge is 0.329 e. The zero-order valence-corrected chi connectivity index (χ0v) is 23.6. The Morgan fingerprint density at radius 3 is 2.15 bits per heavy atom. The molecular formula is C24H41N5O10S. The zero-order valence-electron chi connectivity index (χ0n) is 22.8. The van der Waals surface area contributed by atoms with Crippen LogP contribution in [-0.2, 0) is 38.3 Å². The first-order valence-corrected chi connectivity index (χ1v) is 14.1. The molecule has 0 heterocycles. The highest BCUT2D eigenvalue weighted by Crippen LogP contribution is 2.11. The summed E-state index contributed by atoms with van der Waals surface area (Å²) in [6.07, 6.45) is 1.27. The van der Waals surface area contributed by atoms with Crippen molar-refractivity contribution in [3.63, 3.8) is 0 Å². The maximum atomic E-state index is 13.0. The van der Waals surface area contributed by atoms with Crippen LogP contribution in [0.15, 0.2) is 0 Å². The van der Waals surface area contributed by atoms with Gasteiger partial charge in [0.1, 0.15) is 18.1 Å². The van der Waals surface area contributed by atoms with Crippen molar-refractivity contribution < 1.29 is 48.5 Å². The Kier molecular flexibility index (Phi) is 18.8. The van der Waals surface area contributed by atoms with Gasteiger partial charge in [-0.1, -0.05) is 26.2 Å². The number of unbranched alkanes of at least 4 members (excludes halogenated alkanes) is 3. The number of hydrogen-bond donors (Lipinski definition) is 7. The molecule has 0 unspecified atom stereocenters. The summed E-state index contributed by atoms with van der Waals surface area (Å²) in [6, 6.07) is -3.68. The number of amides is 4. The SMILES string of the molecule is CCCCCCC(=O)N[C@@H](C)C(=O)N[C@H](CCC(N)=O)C(=O)O[C@H](CSC[C@H](N)C(=O)O)C(=O)NCCC(=O)O. The topological polar surface area (TPSA) is 257 Å². The molecule has 0 aromatic rings. The molecule has 40 heavy (non-hydrogen) atoms. The highest BCUT2D eigenvalue weighted by Gasteiger charge is 2.31. The largest absolute Gasteiger partial charge is 0.481 e. The van der Waals surface area contributed by atoms with Gasteiger partial charge in [-0.3, -0.25) is 28.8 Å². The molecule has 0 aliphatic carbocycles. The third-order valence-corrected chi connectivity index (χ3v) is 6.51. The van der Waals surface area contributed by atoms with E-state index in [1.165, 1.54) is 6.92 Å². The third-order valence-electron chi connectivity index (χ3n) is 5.38. The molecule has 0 spiro atoms. The first-order valence-electron chi connectivity index (χ1n) is 12.9. The highest BCUT2D eigenvalue weighted by molar-refractivity contribution is 7.99. The molecule has 16 heteroatoms. The van der Waals surface area contributed by atoms with Crippen LogP contribution in [0.5, 0.6) is 0 Å². The van der Waals surface area contributed by atoms with Crippen LogP contribution >= 0.6 is 11.8 Å². The van der Waals surface area contributed by atoms with Gasteiger partial charge < -0.3 is 42.4 Å². The van der Waals surface area contributed by atoms with E-state index in [0.717, 1.165) is 31.0 Å². The maximum Gasteiger partial charge on any atom is 0.329 e. The summed E-state index contributed by atoms with van der Waals surface area (Å²) >= 11 is 0.904. The molecule has 0 saturated carbocycles. The fourth-order valence-electron chi connectivity index (χ4n) is 3.09. The van der Waals surface area contributed by atoms with Gasteiger partial charge in [0.2, 0.25) is 17.7 Å². The summed E-state index contributed by atoms with van der Waals surface area (Å²) < 4.78 is 5.28. The predicted molar refractivity (Wildman–Crippen MR) is 145 cm³/mol. The van der Waals surface area contributed by atoms with Gasteiger partial charge in [0.25, 0.3) is 5.91 Å². The first kappa shape index (κ1) is 36.6. The van der Waals surface area contributed by atoms with Crippen LogP contribution in [0.1, 0.15) is 65.2 Å². The fourth-order valence-corrected chi connectivity index (χ4v) is 4.06. The Bertz CT molecular complexity index is 888. The van der Waals surface area contributed by atoms with Crippen LogP contribution in [0.4, 0.5) is 0 Å². The van der Waals surface area contributed by atoms with Gasteiger partial charge in [-0.2, -0.15) is 11.8 Å². The second-order valence-corrected chi connectivity index (χ2v) is 10.1. The van der Waals surface area contributed by atoms with Crippen molar-refractivity contribution in [2.24, 2.45) is 11.5 Å². The monoisotopic (exact) mass is 591 g/mol. The molecule has 0 radical (unpaired) electrons. The summed E-state index contributed by atoms with van der Waals surface area (Å²) in [6.45, 7) is 3.18. The molecular weight excluding hydrogens is 550 g/mol. The number of aliphatic carboxylic acids is 2. The molecule has 0 rings (SSSR count). The number of carboxylic acids is 2. The molecule has 4 amide bonds. The van der Waals surface area contributed by atoms with E-state index in [1.54, 1.807) is 0 Å². The molecule has 0 bridgehead atoms. The van der Waals surface area contributed by atoms with Crippen LogP contribution in [0, 0.1) is 0 Å². The summed E-state index contributed by atoms with van der Waals surface area (Å²) in [4.78, 5) is 83.4. The minimum Gasteiger partial charge on any atom is -0.481 e. The van der Waals surface area contributed by atoms with Gasteiger partial charge >= 0.3 is 17.9 Å². The zero-order chi connectivity index (χ0) is 30.7. The van der Waals surface area contributed by atoms with Crippen LogP contribution in [0.25, 0.3) is 0 Å². The number of rotatable bonds is 22. The number of ether oxygens (including phenoxy) is 1.